The summed E-state index contributed by atoms with van der Waals surface area (Å²) in [7, 11) is 0. The minimum atomic E-state index is 0.721. The summed E-state index contributed by atoms with van der Waals surface area (Å²) in [5.74, 6) is 4.61. The summed E-state index contributed by atoms with van der Waals surface area (Å²) in [6, 6.07) is 18.8. The van der Waals surface area contributed by atoms with Crippen LogP contribution in [0.15, 0.2) is 110 Å². The average Bonchev–Trinajstić information content (AvgIpc) is 4.49. The highest BCUT2D eigenvalue weighted by molar-refractivity contribution is 5.64. The van der Waals surface area contributed by atoms with Crippen molar-refractivity contribution in [2.45, 2.75) is 117 Å². The number of imidazole rings is 3. The van der Waals surface area contributed by atoms with E-state index in [-0.39, 0.29) is 0 Å². The van der Waals surface area contributed by atoms with Crippen LogP contribution in [0.25, 0.3) is 51.1 Å². The number of ether oxygens (including phenoxy) is 1. The van der Waals surface area contributed by atoms with E-state index in [0.29, 0.717) is 0 Å². The standard InChI is InChI=1S/C19H21N5.C18H20N6.C18H19N5O.3C2H6/c1-2-10-23(11-3-1)19-20-9-8-16(22-19)17-12-21-18-7-6-15(13-24(17)18)14-4-5-14;1-2-13(1)14-3-4-17-21-11-16(24(17)12-14)15-5-6-20-18(22-15)23-9-7-19-8-10-23;1-2-13(1)14-3-4-17-20-11-16(23(17)12-14)15-5-6-19-18(21-15)22-7-9-24-10-8-22;3*1-2/h6-9,12-14H,1-5,10-11H2;3-6,11-13,19H,1-2,7-10H2;3-6,11-13H,1-2,7-10H2;3*1-2H3. The molecule has 0 atom stereocenters. The predicted molar refractivity (Wildman–Crippen MR) is 313 cm³/mol. The molecule has 0 unspecified atom stereocenters. The third-order valence-corrected chi connectivity index (χ3v) is 14.8. The van der Waals surface area contributed by atoms with Crippen molar-refractivity contribution in [3.05, 3.63) is 127 Å². The number of hydrogen-bond acceptors (Lipinski definition) is 14. The van der Waals surface area contributed by atoms with E-state index in [1.54, 1.807) is 0 Å². The summed E-state index contributed by atoms with van der Waals surface area (Å²) >= 11 is 0. The Morgan fingerprint density at radius 1 is 0.397 bits per heavy atom. The van der Waals surface area contributed by atoms with Crippen LogP contribution in [0.3, 0.4) is 0 Å². The highest BCUT2D eigenvalue weighted by Gasteiger charge is 2.27. The minimum absolute atomic E-state index is 0.721. The molecule has 6 fully saturated rings. The molecule has 0 amide bonds. The van der Waals surface area contributed by atoms with E-state index < -0.39 is 0 Å². The van der Waals surface area contributed by atoms with E-state index >= 15 is 0 Å². The molecule has 15 rings (SSSR count). The highest BCUT2D eigenvalue weighted by atomic mass is 16.5. The Bertz CT molecular complexity index is 2990. The van der Waals surface area contributed by atoms with Crippen molar-refractivity contribution in [1.29, 1.82) is 0 Å². The molecule has 78 heavy (non-hydrogen) atoms. The van der Waals surface area contributed by atoms with Crippen LogP contribution in [0.1, 0.15) is 134 Å². The third-order valence-electron chi connectivity index (χ3n) is 14.8. The number of pyridine rings is 3. The Labute approximate surface area is 459 Å². The first-order valence-corrected chi connectivity index (χ1v) is 29.1. The van der Waals surface area contributed by atoms with E-state index in [1.165, 1.54) is 74.5 Å². The summed E-state index contributed by atoms with van der Waals surface area (Å²) in [5, 5.41) is 3.36. The molecule has 3 aliphatic carbocycles. The maximum Gasteiger partial charge on any atom is 0.226 e. The number of nitrogens with zero attached hydrogens (tertiary/aromatic N) is 15. The predicted octanol–water partition coefficient (Wildman–Crippen LogP) is 11.3. The van der Waals surface area contributed by atoms with Crippen LogP contribution in [0.5, 0.6) is 0 Å². The van der Waals surface area contributed by atoms with Crippen molar-refractivity contribution in [1.82, 2.24) is 63.4 Å². The molecule has 17 nitrogen and oxygen atoms in total. The van der Waals surface area contributed by atoms with Crippen LogP contribution in [0.2, 0.25) is 0 Å². The van der Waals surface area contributed by atoms with E-state index in [9.17, 15) is 0 Å². The van der Waals surface area contributed by atoms with E-state index in [2.05, 4.69) is 118 Å². The summed E-state index contributed by atoms with van der Waals surface area (Å²) in [6.07, 6.45) is 29.5. The zero-order valence-electron chi connectivity index (χ0n) is 46.7. The lowest BCUT2D eigenvalue weighted by atomic mass is 10.1. The van der Waals surface area contributed by atoms with Crippen LogP contribution < -0.4 is 20.0 Å². The van der Waals surface area contributed by atoms with Crippen LogP contribution >= 0.6 is 0 Å². The SMILES string of the molecule is CC.CC.CC.c1cc(-c2cnc3ccc(C4CC4)cn23)nc(N2CCCCC2)n1.c1cc(-c2cnc3ccc(C4CC4)cn23)nc(N2CCNCC2)n1.c1cc(-c2cnc3ccc(C4CC4)cn23)nc(N2CCOCC2)n1. The van der Waals surface area contributed by atoms with Crippen LogP contribution in [-0.2, 0) is 4.74 Å². The lowest BCUT2D eigenvalue weighted by molar-refractivity contribution is 0.122. The Kier molecular flexibility index (Phi) is 17.9. The van der Waals surface area contributed by atoms with Crippen molar-refractivity contribution in [2.75, 3.05) is 80.3 Å². The Morgan fingerprint density at radius 3 is 1.10 bits per heavy atom. The van der Waals surface area contributed by atoms with E-state index in [4.69, 9.17) is 19.7 Å². The van der Waals surface area contributed by atoms with Gasteiger partial charge < -0.3 is 24.8 Å². The number of aromatic nitrogens is 12. The van der Waals surface area contributed by atoms with Gasteiger partial charge in [0, 0.05) is 89.5 Å². The Hall–Kier alpha value is -7.37. The van der Waals surface area contributed by atoms with Gasteiger partial charge in [-0.1, -0.05) is 59.7 Å². The zero-order valence-corrected chi connectivity index (χ0v) is 46.7. The van der Waals surface area contributed by atoms with Gasteiger partial charge >= 0.3 is 0 Å². The monoisotopic (exact) mass is 1050 g/mol. The lowest BCUT2D eigenvalue weighted by Gasteiger charge is -2.27. The third kappa shape index (κ3) is 12.6. The molecule has 3 aliphatic heterocycles. The van der Waals surface area contributed by atoms with Gasteiger partial charge in [-0.25, -0.2) is 44.9 Å². The number of nitrogens with one attached hydrogen (secondary N) is 1. The molecule has 0 aromatic carbocycles. The summed E-state index contributed by atoms with van der Waals surface area (Å²) in [5.41, 5.74) is 13.0. The van der Waals surface area contributed by atoms with Gasteiger partial charge in [-0.3, -0.25) is 13.2 Å². The zero-order chi connectivity index (χ0) is 53.8. The van der Waals surface area contributed by atoms with Crippen molar-refractivity contribution >= 4 is 34.8 Å². The van der Waals surface area contributed by atoms with Crippen molar-refractivity contribution < 1.29 is 4.74 Å². The van der Waals surface area contributed by atoms with Crippen LogP contribution in [-0.4, -0.2) is 124 Å². The normalized spacial score (nSPS) is 17.1. The van der Waals surface area contributed by atoms with Gasteiger partial charge in [-0.15, -0.1) is 0 Å². The Morgan fingerprint density at radius 2 is 0.744 bits per heavy atom. The number of piperazine rings is 1. The second-order valence-corrected chi connectivity index (χ2v) is 19.9. The number of rotatable bonds is 9. The van der Waals surface area contributed by atoms with Crippen LogP contribution in [0.4, 0.5) is 17.8 Å². The molecule has 6 aliphatic rings. The fourth-order valence-electron chi connectivity index (χ4n) is 10.2. The molecule has 0 radical (unpaired) electrons. The molecule has 17 heteroatoms. The summed E-state index contributed by atoms with van der Waals surface area (Å²) in [6.45, 7) is 21.1. The molecule has 408 valence electrons. The molecule has 1 N–H and O–H groups in total. The van der Waals surface area contributed by atoms with E-state index in [0.717, 1.165) is 152 Å². The summed E-state index contributed by atoms with van der Waals surface area (Å²) < 4.78 is 11.9. The molecule has 9 aromatic rings. The molecule has 3 saturated heterocycles. The van der Waals surface area contributed by atoms with Gasteiger partial charge in [0.25, 0.3) is 0 Å². The van der Waals surface area contributed by atoms with E-state index in [1.807, 2.05) is 96.9 Å². The number of piperidine rings is 1. The number of fused-ring (bicyclic) bond motifs is 3. The van der Waals surface area contributed by atoms with Gasteiger partial charge in [0.15, 0.2) is 0 Å². The quantitative estimate of drug-likeness (QED) is 0.145. The molecular formula is C61H78N16O. The van der Waals surface area contributed by atoms with Crippen LogP contribution in [0, 0.1) is 0 Å². The second kappa shape index (κ2) is 25.9. The number of anilines is 3. The van der Waals surface area contributed by atoms with Crippen molar-refractivity contribution in [2.24, 2.45) is 0 Å². The molecule has 9 aromatic heterocycles. The smallest absolute Gasteiger partial charge is 0.226 e. The maximum atomic E-state index is 5.41. The van der Waals surface area contributed by atoms with Crippen molar-refractivity contribution in [3.63, 3.8) is 0 Å². The number of morpholine rings is 1. The minimum Gasteiger partial charge on any atom is -0.378 e. The fourth-order valence-corrected chi connectivity index (χ4v) is 10.2. The molecule has 0 bridgehead atoms. The topological polar surface area (TPSA) is 160 Å². The second-order valence-electron chi connectivity index (χ2n) is 19.9. The average molecular weight is 1050 g/mol. The first kappa shape index (κ1) is 54.0. The first-order chi connectivity index (χ1) is 38.6. The molecular weight excluding hydrogens is 973 g/mol. The highest BCUT2D eigenvalue weighted by Crippen LogP contribution is 2.42. The van der Waals surface area contributed by atoms with Gasteiger partial charge in [0.1, 0.15) is 16.9 Å². The molecule has 3 saturated carbocycles. The van der Waals surface area contributed by atoms with Gasteiger partial charge in [0.05, 0.1) is 66.0 Å². The number of hydrogen-bond donors (Lipinski definition) is 1. The van der Waals surface area contributed by atoms with Gasteiger partial charge in [0.2, 0.25) is 17.8 Å². The largest absolute Gasteiger partial charge is 0.378 e. The fraction of sp³-hybridized carbons (Fsp3) is 0.459. The molecule has 12 heterocycles. The summed E-state index contributed by atoms with van der Waals surface area (Å²) in [4.78, 5) is 48.1. The van der Waals surface area contributed by atoms with Crippen molar-refractivity contribution in [3.8, 4) is 34.2 Å². The Balaban J connectivity index is 0.000000126. The van der Waals surface area contributed by atoms with Gasteiger partial charge in [-0.2, -0.15) is 0 Å². The molecule has 0 spiro atoms. The first-order valence-electron chi connectivity index (χ1n) is 29.1. The lowest BCUT2D eigenvalue weighted by Crippen LogP contribution is -2.44. The maximum absolute atomic E-state index is 5.41. The van der Waals surface area contributed by atoms with Gasteiger partial charge in [-0.05, 0) is 129 Å².